The zero-order valence-electron chi connectivity index (χ0n) is 9.42. The van der Waals surface area contributed by atoms with E-state index in [4.69, 9.17) is 5.26 Å². The lowest BCUT2D eigenvalue weighted by atomic mass is 9.92. The average Bonchev–Trinajstić information content (AvgIpc) is 2.35. The van der Waals surface area contributed by atoms with Crippen LogP contribution >= 0.6 is 31.9 Å². The number of hydrogen-bond acceptors (Lipinski definition) is 1. The van der Waals surface area contributed by atoms with Crippen LogP contribution in [-0.2, 0) is 0 Å². The van der Waals surface area contributed by atoms with Gasteiger partial charge in [-0.05, 0) is 35.6 Å². The normalized spacial score (nSPS) is 15.4. The highest BCUT2D eigenvalue weighted by Crippen LogP contribution is 2.26. The van der Waals surface area contributed by atoms with Gasteiger partial charge in [0.1, 0.15) is 0 Å². The Hall–Kier alpha value is -0.850. The highest BCUT2D eigenvalue weighted by molar-refractivity contribution is 9.24. The summed E-state index contributed by atoms with van der Waals surface area (Å²) in [5, 5.41) is 9.02. The van der Waals surface area contributed by atoms with E-state index in [1.807, 2.05) is 24.3 Å². The highest BCUT2D eigenvalue weighted by atomic mass is 79.9. The first-order valence-electron chi connectivity index (χ1n) is 5.20. The average molecular weight is 355 g/mol. The zero-order chi connectivity index (χ0) is 12.8. The van der Waals surface area contributed by atoms with Crippen molar-refractivity contribution in [2.45, 2.75) is 16.6 Å². The number of rotatable bonds is 4. The molecule has 0 unspecified atom stereocenters. The summed E-state index contributed by atoms with van der Waals surface area (Å²) in [6.45, 7) is 7.90. The molecule has 17 heavy (non-hydrogen) atoms. The van der Waals surface area contributed by atoms with Gasteiger partial charge in [-0.3, -0.25) is 0 Å². The predicted molar refractivity (Wildman–Crippen MR) is 80.1 cm³/mol. The molecule has 0 atom stereocenters. The van der Waals surface area contributed by atoms with Crippen molar-refractivity contribution in [3.05, 3.63) is 59.8 Å². The zero-order valence-corrected chi connectivity index (χ0v) is 12.6. The lowest BCUT2D eigenvalue weighted by Gasteiger charge is -2.11. The smallest absolute Gasteiger partial charge is 0.0994 e. The van der Waals surface area contributed by atoms with Crippen LogP contribution in [0.25, 0.3) is 0 Å². The molecule has 88 valence electrons. The minimum absolute atomic E-state index is 0.0646. The van der Waals surface area contributed by atoms with Gasteiger partial charge in [0, 0.05) is 0 Å². The van der Waals surface area contributed by atoms with Gasteiger partial charge in [-0.2, -0.15) is 5.26 Å². The Balaban J connectivity index is 2.84. The molecular formula is C14H13Br2N. The topological polar surface area (TPSA) is 23.8 Å². The number of hydrogen-bond donors (Lipinski definition) is 0. The quantitative estimate of drug-likeness (QED) is 0.518. The van der Waals surface area contributed by atoms with E-state index in [9.17, 15) is 0 Å². The third-order valence-electron chi connectivity index (χ3n) is 2.46. The van der Waals surface area contributed by atoms with Gasteiger partial charge in [0.25, 0.3) is 0 Å². The molecule has 0 aromatic heterocycles. The fourth-order valence-corrected chi connectivity index (χ4v) is 1.79. The molecule has 1 nitrogen and oxygen atoms in total. The predicted octanol–water partition coefficient (Wildman–Crippen LogP) is 4.94. The van der Waals surface area contributed by atoms with Crippen LogP contribution in [0, 0.1) is 11.3 Å². The molecule has 0 aromatic carbocycles. The van der Waals surface area contributed by atoms with Crippen molar-refractivity contribution in [2.24, 2.45) is 0 Å². The summed E-state index contributed by atoms with van der Waals surface area (Å²) in [4.78, 5) is 0. The maximum absolute atomic E-state index is 9.02. The van der Waals surface area contributed by atoms with Crippen molar-refractivity contribution in [3.8, 4) is 6.07 Å². The summed E-state index contributed by atoms with van der Waals surface area (Å²) in [7, 11) is 0. The van der Waals surface area contributed by atoms with E-state index in [1.54, 1.807) is 0 Å². The second-order valence-electron chi connectivity index (χ2n) is 3.68. The molecule has 0 N–H and O–H groups in total. The molecule has 0 amide bonds. The Labute approximate surface area is 119 Å². The van der Waals surface area contributed by atoms with Crippen LogP contribution < -0.4 is 0 Å². The van der Waals surface area contributed by atoms with Gasteiger partial charge in [-0.1, -0.05) is 63.2 Å². The van der Waals surface area contributed by atoms with Crippen molar-refractivity contribution in [1.82, 2.24) is 0 Å². The first-order chi connectivity index (χ1) is 8.06. The number of alkyl halides is 2. The van der Waals surface area contributed by atoms with Crippen LogP contribution in [0.5, 0.6) is 0 Å². The second-order valence-corrected chi connectivity index (χ2v) is 6.74. The van der Waals surface area contributed by atoms with E-state index in [0.717, 1.165) is 29.6 Å². The molecule has 0 aromatic rings. The van der Waals surface area contributed by atoms with E-state index in [0.29, 0.717) is 5.57 Å². The summed E-state index contributed by atoms with van der Waals surface area (Å²) in [5.74, 6) is 0. The second kappa shape index (κ2) is 6.78. The molecule has 0 aliphatic heterocycles. The first kappa shape index (κ1) is 14.2. The van der Waals surface area contributed by atoms with E-state index < -0.39 is 0 Å². The summed E-state index contributed by atoms with van der Waals surface area (Å²) < 4.78 is 0.0646. The van der Waals surface area contributed by atoms with E-state index in [2.05, 4.69) is 51.1 Å². The standard InChI is InChI=1S/C14H13Br2N/c1-10(7-8-11(2)14(15)16)13-6-4-3-5-12(13)9-17/h3,5,7-8,14H,1-2,4,6H2/b8-7-. The maximum Gasteiger partial charge on any atom is 0.0994 e. The lowest BCUT2D eigenvalue weighted by Crippen LogP contribution is -1.95. The number of allylic oxidation sites excluding steroid dienone is 8. The van der Waals surface area contributed by atoms with Crippen molar-refractivity contribution < 1.29 is 0 Å². The molecule has 0 radical (unpaired) electrons. The van der Waals surface area contributed by atoms with Gasteiger partial charge in [0.05, 0.1) is 15.4 Å². The molecule has 1 aliphatic rings. The Morgan fingerprint density at radius 1 is 1.41 bits per heavy atom. The van der Waals surface area contributed by atoms with Crippen molar-refractivity contribution in [2.75, 3.05) is 0 Å². The van der Waals surface area contributed by atoms with Crippen LogP contribution in [0.3, 0.4) is 0 Å². The van der Waals surface area contributed by atoms with Crippen molar-refractivity contribution in [3.63, 3.8) is 0 Å². The molecule has 1 rings (SSSR count). The van der Waals surface area contributed by atoms with Crippen molar-refractivity contribution >= 4 is 31.9 Å². The van der Waals surface area contributed by atoms with Crippen LogP contribution in [0.4, 0.5) is 0 Å². The molecule has 0 fully saturated rings. The monoisotopic (exact) mass is 353 g/mol. The van der Waals surface area contributed by atoms with Crippen LogP contribution in [-0.4, -0.2) is 3.74 Å². The Kier molecular flexibility index (Phi) is 5.67. The molecule has 0 bridgehead atoms. The van der Waals surface area contributed by atoms with Gasteiger partial charge in [-0.15, -0.1) is 0 Å². The van der Waals surface area contributed by atoms with E-state index in [1.165, 1.54) is 0 Å². The van der Waals surface area contributed by atoms with Crippen LogP contribution in [0.2, 0.25) is 0 Å². The Morgan fingerprint density at radius 2 is 2.12 bits per heavy atom. The van der Waals surface area contributed by atoms with Crippen LogP contribution in [0.15, 0.2) is 59.8 Å². The molecular weight excluding hydrogens is 342 g/mol. The Morgan fingerprint density at radius 3 is 2.71 bits per heavy atom. The van der Waals surface area contributed by atoms with E-state index in [-0.39, 0.29) is 3.74 Å². The molecule has 3 heteroatoms. The molecule has 0 saturated carbocycles. The van der Waals surface area contributed by atoms with Gasteiger partial charge >= 0.3 is 0 Å². The third-order valence-corrected chi connectivity index (χ3v) is 3.63. The summed E-state index contributed by atoms with van der Waals surface area (Å²) in [6.07, 6.45) is 9.53. The highest BCUT2D eigenvalue weighted by Gasteiger charge is 2.09. The largest absolute Gasteiger partial charge is 0.192 e. The van der Waals surface area contributed by atoms with Crippen LogP contribution in [0.1, 0.15) is 12.8 Å². The van der Waals surface area contributed by atoms with Gasteiger partial charge in [0.2, 0.25) is 0 Å². The fourth-order valence-electron chi connectivity index (χ4n) is 1.48. The fraction of sp³-hybridized carbons (Fsp3) is 0.214. The minimum Gasteiger partial charge on any atom is -0.192 e. The number of nitrogens with zero attached hydrogens (tertiary/aromatic N) is 1. The van der Waals surface area contributed by atoms with E-state index >= 15 is 0 Å². The minimum atomic E-state index is 0.0646. The van der Waals surface area contributed by atoms with Crippen molar-refractivity contribution in [1.29, 1.82) is 5.26 Å². The summed E-state index contributed by atoms with van der Waals surface area (Å²) >= 11 is 6.74. The summed E-state index contributed by atoms with van der Waals surface area (Å²) in [5.41, 5.74) is 3.54. The number of halogens is 2. The summed E-state index contributed by atoms with van der Waals surface area (Å²) in [6, 6.07) is 2.20. The maximum atomic E-state index is 9.02. The lowest BCUT2D eigenvalue weighted by molar-refractivity contribution is 0.967. The SMILES string of the molecule is C=C(/C=C\C(=C)C(Br)Br)C1=C(C#N)C=CCC1. The number of nitriles is 1. The third kappa shape index (κ3) is 4.14. The van der Waals surface area contributed by atoms with Gasteiger partial charge in [-0.25, -0.2) is 0 Å². The Bertz CT molecular complexity index is 459. The molecule has 0 spiro atoms. The molecule has 0 heterocycles. The first-order valence-corrected chi connectivity index (χ1v) is 7.03. The molecule has 0 saturated heterocycles. The van der Waals surface area contributed by atoms with Gasteiger partial charge < -0.3 is 0 Å². The molecule has 1 aliphatic carbocycles. The van der Waals surface area contributed by atoms with Gasteiger partial charge in [0.15, 0.2) is 0 Å².